The van der Waals surface area contributed by atoms with Gasteiger partial charge in [-0.1, -0.05) is 397 Å². The second kappa shape index (κ2) is 29.3. The predicted octanol–water partition coefficient (Wildman–Crippen LogP) is 30.6. The molecule has 0 amide bonds. The minimum Gasteiger partial charge on any atom is -0.300 e. The monoisotopic (exact) mass is 1460 g/mol. The Morgan fingerprint density at radius 2 is 0.406 bits per heavy atom. The van der Waals surface area contributed by atoms with Gasteiger partial charge < -0.3 is 13.6 Å². The van der Waals surface area contributed by atoms with Crippen LogP contribution in [0.5, 0.6) is 0 Å². The third-order valence-corrected chi connectivity index (χ3v) is 26.5. The Bertz CT molecular complexity index is 3660. The first-order chi connectivity index (χ1) is 48.1. The van der Waals surface area contributed by atoms with Crippen LogP contribution < -0.4 is 0 Å². The van der Waals surface area contributed by atoms with Gasteiger partial charge in [-0.3, -0.25) is 0 Å². The van der Waals surface area contributed by atoms with Crippen molar-refractivity contribution in [3.8, 4) is 0 Å². The molecule has 9 rings (SSSR count). The molecule has 0 radical (unpaired) electrons. The summed E-state index contributed by atoms with van der Waals surface area (Å²) >= 11 is 0. The van der Waals surface area contributed by atoms with Crippen molar-refractivity contribution in [1.29, 1.82) is 0 Å². The molecule has 106 heavy (non-hydrogen) atoms. The van der Waals surface area contributed by atoms with Gasteiger partial charge in [0.05, 0.1) is 0 Å². The Balaban J connectivity index is 1.56. The van der Waals surface area contributed by atoms with E-state index >= 15 is 0 Å². The highest BCUT2D eigenvalue weighted by Crippen LogP contribution is 2.70. The van der Waals surface area contributed by atoms with Gasteiger partial charge in [0.1, 0.15) is 16.8 Å². The van der Waals surface area contributed by atoms with E-state index < -0.39 is 25.4 Å². The third kappa shape index (κ3) is 17.9. The van der Waals surface area contributed by atoms with Crippen molar-refractivity contribution in [2.45, 2.75) is 426 Å². The van der Waals surface area contributed by atoms with Crippen molar-refractivity contribution in [2.24, 2.45) is 0 Å². The van der Waals surface area contributed by atoms with Crippen LogP contribution in [0, 0.1) is 0 Å². The number of benzene rings is 6. The molecule has 3 fully saturated rings. The van der Waals surface area contributed by atoms with E-state index in [9.17, 15) is 13.6 Å². The van der Waals surface area contributed by atoms with E-state index in [1.807, 2.05) is 0 Å². The number of hydrogen-bond donors (Lipinski definition) is 0. The van der Waals surface area contributed by atoms with Gasteiger partial charge in [0, 0.05) is 17.8 Å². The summed E-state index contributed by atoms with van der Waals surface area (Å²) in [6.45, 7) is 87.2. The van der Waals surface area contributed by atoms with E-state index in [1.54, 1.807) is 0 Å². The zero-order chi connectivity index (χ0) is 79.5. The topological polar surface area (TPSA) is 27.7 Å². The van der Waals surface area contributed by atoms with Crippen molar-refractivity contribution >= 4 is 8.60 Å². The van der Waals surface area contributed by atoms with Crippen LogP contribution in [0.3, 0.4) is 0 Å². The minimum absolute atomic E-state index is 0.0551. The predicted molar refractivity (Wildman–Crippen MR) is 462 cm³/mol. The average molecular weight is 1460 g/mol. The van der Waals surface area contributed by atoms with Crippen molar-refractivity contribution in [3.05, 3.63) is 209 Å². The fourth-order valence-corrected chi connectivity index (χ4v) is 20.3. The molecular formula is C102H153O3P. The molecule has 0 saturated heterocycles. The SMILES string of the molecule is CC(C)(C)c1ccc(C2CCCCC2(OP(OC2(c3ccc(C(C)(C)C)cc3C(C)(C)C)CCCCC2c2ccc(C(C)(C)C)cc2C(C)(C)C)OC2(c3ccc(C(C)(C)C)cc3C(C)(C)C)CCCCC2c2ccc(C(C)(C)C)cc2C(C)(C)C)c2ccc(C(C)(C)C)cc2C(C)(C)C)c(C(C)(C)C)c1. The van der Waals surface area contributed by atoms with Gasteiger partial charge in [-0.15, -0.1) is 0 Å². The minimum atomic E-state index is -2.42. The molecule has 4 heteroatoms. The lowest BCUT2D eigenvalue weighted by Crippen LogP contribution is -2.46. The summed E-state index contributed by atoms with van der Waals surface area (Å²) in [6, 6.07) is 45.9. The standard InChI is InChI=1S/C102H153O3P/c1-88(2,3)67-46-52-73(82(61-67)94(19,20)21)76-43-37-40-58-100(76,79-55-49-70(91(10,11)12)64-85(79)97(28,29)30)103-106(104-101(80-56-50-71(92(13,14)15)65-86(80)98(31,32)33)59-41-38-44-77(101)74-53-47-68(89(4,5)6)62-83(74)95(22,23)24)105-102(81-57-51-72(93(16,17)18)66-87(81)99(34,35)36)60-42-39-45-78(102)75-54-48-69(90(7,8)9)63-84(75)96(25,26)27/h46-57,61-66,76-78H,37-45,58-60H2,1-36H3. The Morgan fingerprint density at radius 1 is 0.226 bits per heavy atom. The van der Waals surface area contributed by atoms with Crippen LogP contribution >= 0.6 is 8.60 Å². The first kappa shape index (κ1) is 85.6. The van der Waals surface area contributed by atoms with Crippen LogP contribution in [0.4, 0.5) is 0 Å². The molecule has 3 saturated carbocycles. The first-order valence-electron chi connectivity index (χ1n) is 41.9. The Hall–Kier alpha value is -4.37. The highest BCUT2D eigenvalue weighted by Gasteiger charge is 2.59. The second-order valence-corrected chi connectivity index (χ2v) is 47.2. The fourth-order valence-electron chi connectivity index (χ4n) is 18.5. The van der Waals surface area contributed by atoms with E-state index in [-0.39, 0.29) is 82.7 Å². The maximum atomic E-state index is 9.48. The van der Waals surface area contributed by atoms with E-state index in [0.717, 1.165) is 77.0 Å². The van der Waals surface area contributed by atoms with Crippen molar-refractivity contribution in [1.82, 2.24) is 0 Å². The van der Waals surface area contributed by atoms with Gasteiger partial charge in [0.2, 0.25) is 0 Å². The summed E-state index contributed by atoms with van der Waals surface area (Å²) in [6.07, 6.45) is 11.6. The Kier molecular flexibility index (Phi) is 23.7. The molecule has 3 aliphatic carbocycles. The number of hydrogen-bond acceptors (Lipinski definition) is 3. The smallest absolute Gasteiger partial charge is 0.300 e. The Labute approximate surface area is 653 Å². The molecule has 6 aromatic carbocycles. The highest BCUT2D eigenvalue weighted by atomic mass is 31.2. The summed E-state index contributed by atoms with van der Waals surface area (Å²) in [4.78, 5) is 0. The van der Waals surface area contributed by atoms with Gasteiger partial charge in [-0.2, -0.15) is 0 Å². The zero-order valence-corrected chi connectivity index (χ0v) is 75.7. The van der Waals surface area contributed by atoms with Gasteiger partial charge in [-0.05, 0) is 204 Å². The number of rotatable bonds is 12. The van der Waals surface area contributed by atoms with Crippen molar-refractivity contribution in [3.63, 3.8) is 0 Å². The molecule has 0 aromatic heterocycles. The van der Waals surface area contributed by atoms with Crippen LogP contribution in [0.15, 0.2) is 109 Å². The lowest BCUT2D eigenvalue weighted by atomic mass is 9.63. The molecule has 3 aliphatic rings. The van der Waals surface area contributed by atoms with Gasteiger partial charge >= 0.3 is 8.60 Å². The molecule has 6 aromatic rings. The highest BCUT2D eigenvalue weighted by molar-refractivity contribution is 7.41. The molecular weight excluding hydrogens is 1300 g/mol. The zero-order valence-electron chi connectivity index (χ0n) is 74.8. The van der Waals surface area contributed by atoms with Crippen LogP contribution in [0.2, 0.25) is 0 Å². The maximum Gasteiger partial charge on any atom is 0.335 e. The lowest BCUT2D eigenvalue weighted by molar-refractivity contribution is -0.0970. The molecule has 3 nitrogen and oxygen atoms in total. The molecule has 6 unspecified atom stereocenters. The molecule has 0 N–H and O–H groups in total. The summed E-state index contributed by atoms with van der Waals surface area (Å²) in [7, 11) is -2.42. The summed E-state index contributed by atoms with van der Waals surface area (Å²) in [5, 5.41) is 0. The van der Waals surface area contributed by atoms with Crippen LogP contribution in [-0.2, 0) is 95.4 Å². The van der Waals surface area contributed by atoms with Crippen LogP contribution in [0.25, 0.3) is 0 Å². The molecule has 0 bridgehead atoms. The first-order valence-corrected chi connectivity index (χ1v) is 43.0. The van der Waals surface area contributed by atoms with E-state index in [1.165, 1.54) is 100 Å². The van der Waals surface area contributed by atoms with E-state index in [2.05, 4.69) is 358 Å². The third-order valence-electron chi connectivity index (χ3n) is 25.0. The summed E-state index contributed by atoms with van der Waals surface area (Å²) in [5.41, 5.74) is 19.8. The van der Waals surface area contributed by atoms with Crippen molar-refractivity contribution < 1.29 is 13.6 Å². The molecule has 0 heterocycles. The second-order valence-electron chi connectivity index (χ2n) is 46.2. The maximum absolute atomic E-state index is 9.48. The van der Waals surface area contributed by atoms with Crippen LogP contribution in [0.1, 0.15) is 444 Å². The lowest BCUT2D eigenvalue weighted by Gasteiger charge is -2.54. The van der Waals surface area contributed by atoms with Gasteiger partial charge in [0.15, 0.2) is 0 Å². The molecule has 0 spiro atoms. The summed E-state index contributed by atoms with van der Waals surface area (Å²) in [5.74, 6) is -0.203. The molecule has 0 aliphatic heterocycles. The normalized spacial score (nSPS) is 22.9. The van der Waals surface area contributed by atoms with E-state index in [4.69, 9.17) is 0 Å². The molecule has 584 valence electrons. The van der Waals surface area contributed by atoms with Gasteiger partial charge in [-0.25, -0.2) is 0 Å². The average Bonchev–Trinajstić information content (AvgIpc) is 0.723. The quantitative estimate of drug-likeness (QED) is 0.114. The fraction of sp³-hybridized carbons (Fsp3) is 0.647. The van der Waals surface area contributed by atoms with Crippen LogP contribution in [-0.4, -0.2) is 0 Å². The Morgan fingerprint density at radius 3 is 0.585 bits per heavy atom. The molecule has 6 atom stereocenters. The van der Waals surface area contributed by atoms with Gasteiger partial charge in [0.25, 0.3) is 0 Å². The van der Waals surface area contributed by atoms with Crippen molar-refractivity contribution in [2.75, 3.05) is 0 Å². The summed E-state index contributed by atoms with van der Waals surface area (Å²) < 4.78 is 28.4. The largest absolute Gasteiger partial charge is 0.335 e. The van der Waals surface area contributed by atoms with E-state index in [0.29, 0.717) is 0 Å².